The molecule has 0 saturated heterocycles. The van der Waals surface area contributed by atoms with Crippen molar-refractivity contribution in [3.63, 3.8) is 0 Å². The molecule has 164 valence electrons. The first kappa shape index (κ1) is 23.3. The van der Waals surface area contributed by atoms with Crippen LogP contribution in [-0.2, 0) is 11.3 Å². The summed E-state index contributed by atoms with van der Waals surface area (Å²) in [4.78, 5) is 26.2. The zero-order valence-corrected chi connectivity index (χ0v) is 17.0. The van der Waals surface area contributed by atoms with Gasteiger partial charge in [0, 0.05) is 5.56 Å². The number of amides is 2. The van der Waals surface area contributed by atoms with Crippen LogP contribution in [-0.4, -0.2) is 42.1 Å². The van der Waals surface area contributed by atoms with Gasteiger partial charge in [0.2, 0.25) is 5.91 Å². The first-order chi connectivity index (χ1) is 14.1. The Labute approximate surface area is 173 Å². The number of carbonyl (C=O) groups excluding carboxylic acids is 2. The van der Waals surface area contributed by atoms with E-state index >= 15 is 0 Å². The molecule has 2 aromatic rings. The summed E-state index contributed by atoms with van der Waals surface area (Å²) in [7, 11) is 0. The van der Waals surface area contributed by atoms with E-state index in [4.69, 9.17) is 9.15 Å². The summed E-state index contributed by atoms with van der Waals surface area (Å²) in [6.45, 7) is 3.80. The van der Waals surface area contributed by atoms with E-state index in [0.29, 0.717) is 17.3 Å². The molecular formula is C21H25F3N2O4. The number of rotatable bonds is 9. The van der Waals surface area contributed by atoms with E-state index in [9.17, 15) is 22.8 Å². The lowest BCUT2D eigenvalue weighted by Gasteiger charge is -2.30. The molecule has 2 amide bonds. The van der Waals surface area contributed by atoms with Crippen LogP contribution in [0.3, 0.4) is 0 Å². The average molecular weight is 426 g/mol. The molecule has 1 atom stereocenters. The van der Waals surface area contributed by atoms with Crippen LogP contribution in [0.5, 0.6) is 5.75 Å². The van der Waals surface area contributed by atoms with Crippen molar-refractivity contribution in [3.05, 3.63) is 54.0 Å². The van der Waals surface area contributed by atoms with Gasteiger partial charge in [0.1, 0.15) is 24.1 Å². The molecule has 1 N–H and O–H groups in total. The largest absolute Gasteiger partial charge is 0.494 e. The molecule has 0 fully saturated rings. The Bertz CT molecular complexity index is 818. The van der Waals surface area contributed by atoms with E-state index < -0.39 is 36.5 Å². The molecule has 0 aliphatic carbocycles. The number of benzene rings is 1. The standard InChI is InChI=1S/C21H25F3N2O4/c1-4-29-16-9-7-15(8-10-16)19(27)25-18(14(2)3)20(28)26(13-21(22,23)24)12-17-6-5-11-30-17/h5-11,14,18H,4,12-13H2,1-3H3,(H,25,27)/t18-/m0/s1. The van der Waals surface area contributed by atoms with Gasteiger partial charge in [0.05, 0.1) is 19.4 Å². The monoisotopic (exact) mass is 426 g/mol. The molecule has 1 heterocycles. The Morgan fingerprint density at radius 2 is 1.83 bits per heavy atom. The summed E-state index contributed by atoms with van der Waals surface area (Å²) in [5, 5.41) is 2.56. The van der Waals surface area contributed by atoms with Gasteiger partial charge in [0.15, 0.2) is 0 Å². The molecule has 0 aliphatic heterocycles. The van der Waals surface area contributed by atoms with Gasteiger partial charge in [-0.25, -0.2) is 0 Å². The van der Waals surface area contributed by atoms with Crippen molar-refractivity contribution in [3.8, 4) is 5.75 Å². The molecule has 2 rings (SSSR count). The maximum absolute atomic E-state index is 13.1. The van der Waals surface area contributed by atoms with Crippen LogP contribution < -0.4 is 10.1 Å². The second-order valence-electron chi connectivity index (χ2n) is 7.04. The van der Waals surface area contributed by atoms with E-state index in [1.54, 1.807) is 26.0 Å². The van der Waals surface area contributed by atoms with Crippen LogP contribution in [0.4, 0.5) is 13.2 Å². The quantitative estimate of drug-likeness (QED) is 0.657. The van der Waals surface area contributed by atoms with E-state index in [1.807, 2.05) is 6.92 Å². The van der Waals surface area contributed by atoms with Gasteiger partial charge in [-0.2, -0.15) is 13.2 Å². The number of carbonyl (C=O) groups is 2. The lowest BCUT2D eigenvalue weighted by Crippen LogP contribution is -2.52. The first-order valence-corrected chi connectivity index (χ1v) is 9.52. The highest BCUT2D eigenvalue weighted by Gasteiger charge is 2.37. The Hall–Kier alpha value is -2.97. The number of nitrogens with zero attached hydrogens (tertiary/aromatic N) is 1. The fourth-order valence-electron chi connectivity index (χ4n) is 2.82. The highest BCUT2D eigenvalue weighted by Crippen LogP contribution is 2.21. The Morgan fingerprint density at radius 1 is 1.17 bits per heavy atom. The highest BCUT2D eigenvalue weighted by atomic mass is 19.4. The topological polar surface area (TPSA) is 71.8 Å². The predicted molar refractivity (Wildman–Crippen MR) is 104 cm³/mol. The van der Waals surface area contributed by atoms with Crippen LogP contribution in [0.1, 0.15) is 36.9 Å². The SMILES string of the molecule is CCOc1ccc(C(=O)N[C@H](C(=O)N(Cc2ccco2)CC(F)(F)F)C(C)C)cc1. The summed E-state index contributed by atoms with van der Waals surface area (Å²) >= 11 is 0. The molecule has 30 heavy (non-hydrogen) atoms. The summed E-state index contributed by atoms with van der Waals surface area (Å²) in [6, 6.07) is 8.14. The van der Waals surface area contributed by atoms with E-state index in [-0.39, 0.29) is 17.9 Å². The molecule has 0 radical (unpaired) electrons. The molecular weight excluding hydrogens is 401 g/mol. The number of nitrogens with one attached hydrogen (secondary N) is 1. The first-order valence-electron chi connectivity index (χ1n) is 9.52. The molecule has 0 bridgehead atoms. The van der Waals surface area contributed by atoms with Gasteiger partial charge in [-0.1, -0.05) is 13.8 Å². The van der Waals surface area contributed by atoms with E-state index in [2.05, 4.69) is 5.32 Å². The zero-order valence-electron chi connectivity index (χ0n) is 17.0. The summed E-state index contributed by atoms with van der Waals surface area (Å²) in [5.41, 5.74) is 0.269. The number of hydrogen-bond acceptors (Lipinski definition) is 4. The summed E-state index contributed by atoms with van der Waals surface area (Å²) in [6.07, 6.45) is -3.28. The smallest absolute Gasteiger partial charge is 0.406 e. The van der Waals surface area contributed by atoms with Gasteiger partial charge < -0.3 is 19.4 Å². The minimum atomic E-state index is -4.59. The van der Waals surface area contributed by atoms with Gasteiger partial charge in [-0.15, -0.1) is 0 Å². The number of halogens is 3. The third-order valence-corrected chi connectivity index (χ3v) is 4.26. The van der Waals surface area contributed by atoms with E-state index in [1.165, 1.54) is 30.5 Å². The fourth-order valence-corrected chi connectivity index (χ4v) is 2.82. The third kappa shape index (κ3) is 6.82. The summed E-state index contributed by atoms with van der Waals surface area (Å²) in [5.74, 6) is -1.03. The summed E-state index contributed by atoms with van der Waals surface area (Å²) < 4.78 is 49.6. The minimum absolute atomic E-state index is 0.216. The normalized spacial score (nSPS) is 12.5. The number of ether oxygens (including phenoxy) is 1. The van der Waals surface area contributed by atoms with Gasteiger partial charge in [-0.3, -0.25) is 9.59 Å². The van der Waals surface area contributed by atoms with Crippen molar-refractivity contribution in [2.75, 3.05) is 13.2 Å². The highest BCUT2D eigenvalue weighted by molar-refractivity contribution is 5.97. The number of alkyl halides is 3. The maximum atomic E-state index is 13.1. The minimum Gasteiger partial charge on any atom is -0.494 e. The zero-order chi connectivity index (χ0) is 22.3. The van der Waals surface area contributed by atoms with Crippen LogP contribution in [0.25, 0.3) is 0 Å². The number of hydrogen-bond donors (Lipinski definition) is 1. The predicted octanol–water partition coefficient (Wildman–Crippen LogP) is 4.02. The van der Waals surface area contributed by atoms with Crippen molar-refractivity contribution >= 4 is 11.8 Å². The fraction of sp³-hybridized carbons (Fsp3) is 0.429. The molecule has 9 heteroatoms. The maximum Gasteiger partial charge on any atom is 0.406 e. The Balaban J connectivity index is 2.18. The molecule has 0 saturated carbocycles. The van der Waals surface area contributed by atoms with Crippen molar-refractivity contribution in [2.24, 2.45) is 5.92 Å². The average Bonchev–Trinajstić information content (AvgIpc) is 3.17. The van der Waals surface area contributed by atoms with Crippen molar-refractivity contribution in [2.45, 2.75) is 39.5 Å². The molecule has 1 aromatic carbocycles. The molecule has 6 nitrogen and oxygen atoms in total. The van der Waals surface area contributed by atoms with Gasteiger partial charge >= 0.3 is 6.18 Å². The molecule has 0 aliphatic rings. The van der Waals surface area contributed by atoms with Crippen molar-refractivity contribution in [1.82, 2.24) is 10.2 Å². The van der Waals surface area contributed by atoms with Crippen LogP contribution in [0.2, 0.25) is 0 Å². The molecule has 1 aromatic heterocycles. The van der Waals surface area contributed by atoms with Crippen molar-refractivity contribution in [1.29, 1.82) is 0 Å². The Kier molecular flexibility index (Phi) is 7.91. The van der Waals surface area contributed by atoms with Crippen molar-refractivity contribution < 1.29 is 31.9 Å². The van der Waals surface area contributed by atoms with Gasteiger partial charge in [-0.05, 0) is 49.2 Å². The molecule has 0 spiro atoms. The lowest BCUT2D eigenvalue weighted by molar-refractivity contribution is -0.164. The third-order valence-electron chi connectivity index (χ3n) is 4.26. The van der Waals surface area contributed by atoms with E-state index in [0.717, 1.165) is 0 Å². The number of furan rings is 1. The van der Waals surface area contributed by atoms with Crippen LogP contribution in [0.15, 0.2) is 47.1 Å². The second-order valence-corrected chi connectivity index (χ2v) is 7.04. The lowest BCUT2D eigenvalue weighted by atomic mass is 10.0. The van der Waals surface area contributed by atoms with Gasteiger partial charge in [0.25, 0.3) is 5.91 Å². The Morgan fingerprint density at radius 3 is 2.33 bits per heavy atom. The molecule has 0 unspecified atom stereocenters. The second kappa shape index (κ2) is 10.2. The van der Waals surface area contributed by atoms with Crippen LogP contribution >= 0.6 is 0 Å². The van der Waals surface area contributed by atoms with Crippen LogP contribution in [0, 0.1) is 5.92 Å².